The summed E-state index contributed by atoms with van der Waals surface area (Å²) in [5, 5.41) is 2.94. The average Bonchev–Trinajstić information content (AvgIpc) is 3.12. The van der Waals surface area contributed by atoms with Crippen LogP contribution in [-0.2, 0) is 0 Å². The predicted molar refractivity (Wildman–Crippen MR) is 79.0 cm³/mol. The summed E-state index contributed by atoms with van der Waals surface area (Å²) in [6.45, 7) is 0.570. The van der Waals surface area contributed by atoms with Gasteiger partial charge in [0.25, 0.3) is 0 Å². The summed E-state index contributed by atoms with van der Waals surface area (Å²) in [5.41, 5.74) is 3.79. The van der Waals surface area contributed by atoms with Gasteiger partial charge in [0.2, 0.25) is 0 Å². The number of rotatable bonds is 2. The normalized spacial score (nSPS) is 16.9. The monoisotopic (exact) mass is 284 g/mol. The number of nitrogen functional groups attached to an aromatic ring is 1. The number of nitrogens with one attached hydrogen (secondary N) is 1. The van der Waals surface area contributed by atoms with Crippen LogP contribution in [0.1, 0.15) is 17.3 Å². The molecule has 3 aromatic rings. The van der Waals surface area contributed by atoms with E-state index in [2.05, 4.69) is 21.5 Å². The maximum atomic E-state index is 5.70. The number of benzene rings is 1. The van der Waals surface area contributed by atoms with Crippen LogP contribution in [-0.4, -0.2) is 16.6 Å². The van der Waals surface area contributed by atoms with Crippen molar-refractivity contribution in [2.24, 2.45) is 5.84 Å². The third kappa shape index (κ3) is 1.65. The van der Waals surface area contributed by atoms with Gasteiger partial charge >= 0.3 is 0 Å². The van der Waals surface area contributed by atoms with Crippen LogP contribution in [0.3, 0.4) is 0 Å². The molecule has 0 bridgehead atoms. The van der Waals surface area contributed by atoms with Crippen molar-refractivity contribution >= 4 is 27.4 Å². The van der Waals surface area contributed by atoms with E-state index in [-0.39, 0.29) is 5.92 Å². The fraction of sp³-hybridized carbons (Fsp3) is 0.143. The van der Waals surface area contributed by atoms with Crippen molar-refractivity contribution in [3.63, 3.8) is 0 Å². The van der Waals surface area contributed by atoms with Crippen molar-refractivity contribution < 1.29 is 4.74 Å². The van der Waals surface area contributed by atoms with E-state index in [1.807, 2.05) is 29.6 Å². The number of fused-ring (bicyclic) bond motifs is 2. The Morgan fingerprint density at radius 1 is 1.25 bits per heavy atom. The lowest BCUT2D eigenvalue weighted by atomic mass is 10.0. The number of hydrogen-bond acceptors (Lipinski definition) is 6. The highest BCUT2D eigenvalue weighted by Gasteiger charge is 2.28. The minimum Gasteiger partial charge on any atom is -0.492 e. The molecular weight excluding hydrogens is 272 g/mol. The van der Waals surface area contributed by atoms with E-state index in [0.717, 1.165) is 27.4 Å². The van der Waals surface area contributed by atoms with E-state index in [1.54, 1.807) is 11.3 Å². The Labute approximate surface area is 119 Å². The Hall–Kier alpha value is -2.18. The van der Waals surface area contributed by atoms with Crippen molar-refractivity contribution in [3.8, 4) is 5.75 Å². The minimum absolute atomic E-state index is 0.0600. The molecular formula is C14H12N4OS. The molecule has 6 heteroatoms. The average molecular weight is 284 g/mol. The summed E-state index contributed by atoms with van der Waals surface area (Å²) in [5.74, 6) is 7.95. The third-order valence-electron chi connectivity index (χ3n) is 3.49. The summed E-state index contributed by atoms with van der Waals surface area (Å²) in [6.07, 6.45) is 0. The van der Waals surface area contributed by atoms with Crippen molar-refractivity contribution in [1.82, 2.24) is 9.97 Å². The molecule has 1 aromatic carbocycles. The van der Waals surface area contributed by atoms with Crippen LogP contribution in [0, 0.1) is 0 Å². The summed E-state index contributed by atoms with van der Waals surface area (Å²) in [4.78, 5) is 10.1. The Morgan fingerprint density at radius 3 is 3.05 bits per heavy atom. The van der Waals surface area contributed by atoms with E-state index >= 15 is 0 Å². The topological polar surface area (TPSA) is 73.1 Å². The molecule has 0 radical (unpaired) electrons. The van der Waals surface area contributed by atoms with Crippen LogP contribution in [0.15, 0.2) is 35.7 Å². The molecule has 4 rings (SSSR count). The first-order valence-corrected chi connectivity index (χ1v) is 7.18. The molecule has 20 heavy (non-hydrogen) atoms. The maximum absolute atomic E-state index is 5.70. The fourth-order valence-corrected chi connectivity index (χ4v) is 3.29. The van der Waals surface area contributed by atoms with Gasteiger partial charge in [-0.2, -0.15) is 0 Å². The number of para-hydroxylation sites is 1. The second-order valence-electron chi connectivity index (χ2n) is 4.62. The number of nitrogens with zero attached hydrogens (tertiary/aromatic N) is 2. The first-order chi connectivity index (χ1) is 9.86. The number of anilines is 1. The van der Waals surface area contributed by atoms with E-state index < -0.39 is 0 Å². The van der Waals surface area contributed by atoms with Crippen LogP contribution in [0.5, 0.6) is 5.75 Å². The fourth-order valence-electron chi connectivity index (χ4n) is 2.51. The number of hydrogen-bond donors (Lipinski definition) is 2. The lowest BCUT2D eigenvalue weighted by molar-refractivity contribution is 0.340. The second kappa shape index (κ2) is 4.43. The second-order valence-corrected chi connectivity index (χ2v) is 5.51. The van der Waals surface area contributed by atoms with Gasteiger partial charge in [-0.05, 0) is 17.5 Å². The van der Waals surface area contributed by atoms with Crippen LogP contribution < -0.4 is 16.0 Å². The molecule has 0 fully saturated rings. The highest BCUT2D eigenvalue weighted by atomic mass is 32.1. The lowest BCUT2D eigenvalue weighted by Crippen LogP contribution is -2.13. The molecule has 0 aliphatic carbocycles. The third-order valence-corrected chi connectivity index (χ3v) is 4.30. The van der Waals surface area contributed by atoms with Gasteiger partial charge in [0.1, 0.15) is 23.0 Å². The van der Waals surface area contributed by atoms with Crippen LogP contribution >= 0.6 is 11.3 Å². The van der Waals surface area contributed by atoms with Gasteiger partial charge in [-0.15, -0.1) is 11.3 Å². The smallest absolute Gasteiger partial charge is 0.152 e. The quantitative estimate of drug-likeness (QED) is 0.559. The molecule has 1 atom stereocenters. The summed E-state index contributed by atoms with van der Waals surface area (Å²) < 4.78 is 5.70. The molecule has 1 aliphatic heterocycles. The molecule has 100 valence electrons. The van der Waals surface area contributed by atoms with Gasteiger partial charge in [0, 0.05) is 5.56 Å². The van der Waals surface area contributed by atoms with Crippen LogP contribution in [0.2, 0.25) is 0 Å². The van der Waals surface area contributed by atoms with Crippen molar-refractivity contribution in [1.29, 1.82) is 0 Å². The van der Waals surface area contributed by atoms with Gasteiger partial charge in [-0.1, -0.05) is 18.2 Å². The van der Waals surface area contributed by atoms with Gasteiger partial charge < -0.3 is 10.2 Å². The summed E-state index contributed by atoms with van der Waals surface area (Å²) in [7, 11) is 0. The van der Waals surface area contributed by atoms with Gasteiger partial charge in [-0.3, -0.25) is 0 Å². The van der Waals surface area contributed by atoms with Crippen molar-refractivity contribution in [2.45, 2.75) is 5.92 Å². The molecule has 1 unspecified atom stereocenters. The lowest BCUT2D eigenvalue weighted by Gasteiger charge is -2.10. The Bertz CT molecular complexity index is 786. The standard InChI is InChI=1S/C14H12N4OS/c15-18-13-9-5-6-20-14(9)17-12(16-13)10-7-19-11-4-2-1-3-8(10)11/h1-6,10H,7,15H2,(H,16,17,18). The summed E-state index contributed by atoms with van der Waals surface area (Å²) >= 11 is 1.58. The Kier molecular flexibility index (Phi) is 2.58. The van der Waals surface area contributed by atoms with Gasteiger partial charge in [0.05, 0.1) is 11.3 Å². The number of nitrogens with two attached hydrogens (primary N) is 1. The highest BCUT2D eigenvalue weighted by molar-refractivity contribution is 7.16. The van der Waals surface area contributed by atoms with E-state index in [4.69, 9.17) is 10.6 Å². The van der Waals surface area contributed by atoms with E-state index in [0.29, 0.717) is 12.4 Å². The number of hydrazine groups is 1. The zero-order valence-electron chi connectivity index (χ0n) is 10.5. The molecule has 5 nitrogen and oxygen atoms in total. The largest absolute Gasteiger partial charge is 0.492 e. The van der Waals surface area contributed by atoms with Crippen LogP contribution in [0.4, 0.5) is 5.82 Å². The zero-order chi connectivity index (χ0) is 13.5. The number of aromatic nitrogens is 2. The first-order valence-electron chi connectivity index (χ1n) is 6.30. The number of thiophene rings is 1. The molecule has 0 saturated heterocycles. The molecule has 0 amide bonds. The minimum atomic E-state index is 0.0600. The predicted octanol–water partition coefficient (Wildman–Crippen LogP) is 2.50. The SMILES string of the molecule is NNc1nc(C2COc3ccccc32)nc2sccc12. The molecule has 3 N–H and O–H groups in total. The zero-order valence-corrected chi connectivity index (χ0v) is 11.4. The van der Waals surface area contributed by atoms with Crippen molar-refractivity contribution in [3.05, 3.63) is 47.1 Å². The molecule has 2 aromatic heterocycles. The molecule has 3 heterocycles. The van der Waals surface area contributed by atoms with Crippen LogP contribution in [0.25, 0.3) is 10.2 Å². The Balaban J connectivity index is 1.87. The van der Waals surface area contributed by atoms with E-state index in [1.165, 1.54) is 0 Å². The summed E-state index contributed by atoms with van der Waals surface area (Å²) in [6, 6.07) is 9.98. The maximum Gasteiger partial charge on any atom is 0.152 e. The van der Waals surface area contributed by atoms with E-state index in [9.17, 15) is 0 Å². The molecule has 0 spiro atoms. The van der Waals surface area contributed by atoms with Crippen molar-refractivity contribution in [2.75, 3.05) is 12.0 Å². The highest BCUT2D eigenvalue weighted by Crippen LogP contribution is 2.38. The van der Waals surface area contributed by atoms with Gasteiger partial charge in [0.15, 0.2) is 5.82 Å². The number of ether oxygens (including phenoxy) is 1. The first kappa shape index (κ1) is 11.6. The van der Waals surface area contributed by atoms with Gasteiger partial charge in [-0.25, -0.2) is 15.8 Å². The molecule has 0 saturated carbocycles. The molecule has 1 aliphatic rings. The Morgan fingerprint density at radius 2 is 2.15 bits per heavy atom.